The van der Waals surface area contributed by atoms with Crippen LogP contribution >= 0.6 is 12.6 Å². The van der Waals surface area contributed by atoms with Gasteiger partial charge >= 0.3 is 0 Å². The highest BCUT2D eigenvalue weighted by atomic mass is 32.1. The highest BCUT2D eigenvalue weighted by Gasteiger charge is 2.25. The molecule has 1 rings (SSSR count). The van der Waals surface area contributed by atoms with Gasteiger partial charge < -0.3 is 5.32 Å². The van der Waals surface area contributed by atoms with E-state index >= 15 is 0 Å². The van der Waals surface area contributed by atoms with Crippen molar-refractivity contribution in [3.05, 3.63) is 24.3 Å². The van der Waals surface area contributed by atoms with Gasteiger partial charge in [-0.1, -0.05) is 32.9 Å². The van der Waals surface area contributed by atoms with Crippen LogP contribution in [0.5, 0.6) is 0 Å². The van der Waals surface area contributed by atoms with Crippen molar-refractivity contribution in [3.8, 4) is 0 Å². The van der Waals surface area contributed by atoms with Crippen molar-refractivity contribution < 1.29 is 4.79 Å². The summed E-state index contributed by atoms with van der Waals surface area (Å²) in [7, 11) is 0. The van der Waals surface area contributed by atoms with E-state index in [9.17, 15) is 4.79 Å². The smallest absolute Gasteiger partial charge is 0.230 e. The van der Waals surface area contributed by atoms with Crippen molar-refractivity contribution in [2.75, 3.05) is 5.32 Å². The van der Waals surface area contributed by atoms with Crippen molar-refractivity contribution in [1.82, 2.24) is 0 Å². The van der Waals surface area contributed by atoms with E-state index in [1.54, 1.807) is 0 Å². The Kier molecular flexibility index (Phi) is 3.80. The second-order valence-electron chi connectivity index (χ2n) is 4.21. The van der Waals surface area contributed by atoms with E-state index in [2.05, 4.69) is 17.9 Å². The van der Waals surface area contributed by atoms with Crippen LogP contribution in [0.4, 0.5) is 5.69 Å². The van der Waals surface area contributed by atoms with Crippen LogP contribution in [0.3, 0.4) is 0 Å². The Morgan fingerprint density at radius 1 is 1.40 bits per heavy atom. The van der Waals surface area contributed by atoms with E-state index in [0.29, 0.717) is 0 Å². The molecule has 3 heteroatoms. The molecule has 2 nitrogen and oxygen atoms in total. The fourth-order valence-corrected chi connectivity index (χ4v) is 1.25. The van der Waals surface area contributed by atoms with Crippen LogP contribution in [-0.4, -0.2) is 5.91 Å². The Labute approximate surface area is 96.5 Å². The summed E-state index contributed by atoms with van der Waals surface area (Å²) < 4.78 is 0. The molecule has 1 amide bonds. The van der Waals surface area contributed by atoms with Crippen molar-refractivity contribution in [3.63, 3.8) is 0 Å². The highest BCUT2D eigenvalue weighted by molar-refractivity contribution is 7.80. The maximum Gasteiger partial charge on any atom is 0.230 e. The van der Waals surface area contributed by atoms with Gasteiger partial charge in [0.25, 0.3) is 0 Å². The maximum atomic E-state index is 11.9. The number of thiol groups is 1. The number of nitrogens with one attached hydrogen (secondary N) is 1. The Balaban J connectivity index is 2.80. The maximum absolute atomic E-state index is 11.9. The Morgan fingerprint density at radius 3 is 2.53 bits per heavy atom. The van der Waals surface area contributed by atoms with Gasteiger partial charge in [-0.2, -0.15) is 0 Å². The number of carbonyl (C=O) groups is 1. The van der Waals surface area contributed by atoms with E-state index in [0.717, 1.165) is 17.0 Å². The molecule has 15 heavy (non-hydrogen) atoms. The van der Waals surface area contributed by atoms with Gasteiger partial charge in [-0.3, -0.25) is 4.79 Å². The number of benzene rings is 1. The lowest BCUT2D eigenvalue weighted by Crippen LogP contribution is -2.30. The summed E-state index contributed by atoms with van der Waals surface area (Å²) >= 11 is 4.28. The predicted octanol–water partition coefficient (Wildman–Crippen LogP) is 3.35. The number of para-hydroxylation sites is 1. The number of rotatable bonds is 3. The minimum absolute atomic E-state index is 0.0338. The first kappa shape index (κ1) is 12.1. The normalized spacial score (nSPS) is 11.2. The lowest BCUT2D eigenvalue weighted by atomic mass is 9.89. The molecule has 0 radical (unpaired) electrons. The SMILES string of the molecule is CCC(C)(C)C(=O)Nc1ccccc1S. The average molecular weight is 223 g/mol. The standard InChI is InChI=1S/C12H17NOS/c1-4-12(2,3)11(14)13-9-7-5-6-8-10(9)15/h5-8,15H,4H2,1-3H3,(H,13,14). The van der Waals surface area contributed by atoms with Gasteiger partial charge in [0.2, 0.25) is 5.91 Å². The highest BCUT2D eigenvalue weighted by Crippen LogP contribution is 2.25. The minimum Gasteiger partial charge on any atom is -0.325 e. The van der Waals surface area contributed by atoms with Crippen LogP contribution in [0.25, 0.3) is 0 Å². The van der Waals surface area contributed by atoms with Crippen molar-refractivity contribution in [2.24, 2.45) is 5.41 Å². The lowest BCUT2D eigenvalue weighted by Gasteiger charge is -2.21. The third kappa shape index (κ3) is 2.99. The van der Waals surface area contributed by atoms with Gasteiger partial charge in [-0.25, -0.2) is 0 Å². The zero-order chi connectivity index (χ0) is 11.5. The van der Waals surface area contributed by atoms with Gasteiger partial charge in [0.1, 0.15) is 0 Å². The van der Waals surface area contributed by atoms with Crippen LogP contribution < -0.4 is 5.32 Å². The molecule has 82 valence electrons. The van der Waals surface area contributed by atoms with Crippen LogP contribution in [0.1, 0.15) is 27.2 Å². The number of carbonyl (C=O) groups excluding carboxylic acids is 1. The molecular formula is C12H17NOS. The van der Waals surface area contributed by atoms with E-state index in [-0.39, 0.29) is 11.3 Å². The topological polar surface area (TPSA) is 29.1 Å². The molecule has 0 saturated heterocycles. The second kappa shape index (κ2) is 4.71. The van der Waals surface area contributed by atoms with Gasteiger partial charge in [-0.05, 0) is 18.6 Å². The average Bonchev–Trinajstić information content (AvgIpc) is 2.21. The summed E-state index contributed by atoms with van der Waals surface area (Å²) in [6.45, 7) is 5.87. The molecule has 0 aliphatic heterocycles. The summed E-state index contributed by atoms with van der Waals surface area (Å²) in [5, 5.41) is 2.89. The van der Waals surface area contributed by atoms with Crippen LogP contribution in [-0.2, 0) is 4.79 Å². The Bertz CT molecular complexity index is 360. The zero-order valence-electron chi connectivity index (χ0n) is 9.37. The van der Waals surface area contributed by atoms with Crippen molar-refractivity contribution in [2.45, 2.75) is 32.1 Å². The van der Waals surface area contributed by atoms with Crippen LogP contribution in [0, 0.1) is 5.41 Å². The van der Waals surface area contributed by atoms with Gasteiger partial charge in [-0.15, -0.1) is 12.6 Å². The first-order valence-electron chi connectivity index (χ1n) is 5.07. The minimum atomic E-state index is -0.337. The third-order valence-electron chi connectivity index (χ3n) is 2.65. The van der Waals surface area contributed by atoms with Crippen LogP contribution in [0.2, 0.25) is 0 Å². The molecule has 0 saturated carbocycles. The molecule has 0 aliphatic carbocycles. The summed E-state index contributed by atoms with van der Waals surface area (Å²) in [5.74, 6) is 0.0338. The molecule has 0 spiro atoms. The molecular weight excluding hydrogens is 206 g/mol. The fraction of sp³-hybridized carbons (Fsp3) is 0.417. The quantitative estimate of drug-likeness (QED) is 0.756. The Morgan fingerprint density at radius 2 is 2.00 bits per heavy atom. The first-order valence-corrected chi connectivity index (χ1v) is 5.51. The Hall–Kier alpha value is -0.960. The third-order valence-corrected chi connectivity index (χ3v) is 3.04. The second-order valence-corrected chi connectivity index (χ2v) is 4.69. The molecule has 0 unspecified atom stereocenters. The molecule has 1 aromatic carbocycles. The number of anilines is 1. The molecule has 0 heterocycles. The molecule has 1 aromatic rings. The van der Waals surface area contributed by atoms with Crippen LogP contribution in [0.15, 0.2) is 29.2 Å². The van der Waals surface area contributed by atoms with E-state index in [1.165, 1.54) is 0 Å². The van der Waals surface area contributed by atoms with Gasteiger partial charge in [0.15, 0.2) is 0 Å². The molecule has 0 aromatic heterocycles. The zero-order valence-corrected chi connectivity index (χ0v) is 10.3. The van der Waals surface area contributed by atoms with E-state index in [1.807, 2.05) is 45.0 Å². The first-order chi connectivity index (χ1) is 6.97. The van der Waals surface area contributed by atoms with E-state index < -0.39 is 0 Å². The van der Waals surface area contributed by atoms with Crippen molar-refractivity contribution in [1.29, 1.82) is 0 Å². The monoisotopic (exact) mass is 223 g/mol. The molecule has 0 bridgehead atoms. The van der Waals surface area contributed by atoms with Gasteiger partial charge in [0, 0.05) is 10.3 Å². The largest absolute Gasteiger partial charge is 0.325 e. The number of amides is 1. The summed E-state index contributed by atoms with van der Waals surface area (Å²) in [6, 6.07) is 7.49. The van der Waals surface area contributed by atoms with E-state index in [4.69, 9.17) is 0 Å². The lowest BCUT2D eigenvalue weighted by molar-refractivity contribution is -0.124. The molecule has 1 N–H and O–H groups in total. The summed E-state index contributed by atoms with van der Waals surface area (Å²) in [4.78, 5) is 12.7. The molecule has 0 atom stereocenters. The summed E-state index contributed by atoms with van der Waals surface area (Å²) in [5.41, 5.74) is 0.433. The fourth-order valence-electron chi connectivity index (χ4n) is 1.03. The molecule has 0 aliphatic rings. The predicted molar refractivity (Wildman–Crippen MR) is 66.4 cm³/mol. The number of hydrogen-bond donors (Lipinski definition) is 2. The molecule has 0 fully saturated rings. The van der Waals surface area contributed by atoms with Crippen molar-refractivity contribution >= 4 is 24.2 Å². The summed E-state index contributed by atoms with van der Waals surface area (Å²) in [6.07, 6.45) is 0.813. The van der Waals surface area contributed by atoms with Gasteiger partial charge in [0.05, 0.1) is 5.69 Å². The number of hydrogen-bond acceptors (Lipinski definition) is 2.